The van der Waals surface area contributed by atoms with Gasteiger partial charge in [0.15, 0.2) is 0 Å². The first kappa shape index (κ1) is 10.8. The maximum Gasteiger partial charge on any atom is 0.434 e. The molecule has 1 fully saturated rings. The fourth-order valence-electron chi connectivity index (χ4n) is 1.60. The molecule has 1 aromatic rings. The number of amides is 1. The molecule has 0 spiro atoms. The molecule has 88 valence electrons. The minimum atomic E-state index is -1.18. The molecule has 1 aliphatic rings. The molecule has 1 amide bonds. The van der Waals surface area contributed by atoms with Gasteiger partial charge in [0.05, 0.1) is 0 Å². The second kappa shape index (κ2) is 4.46. The Morgan fingerprint density at radius 2 is 2.00 bits per heavy atom. The molecule has 0 bridgehead atoms. The zero-order chi connectivity index (χ0) is 11.5. The van der Waals surface area contributed by atoms with Crippen LogP contribution in [0.1, 0.15) is 19.3 Å². The van der Waals surface area contributed by atoms with Gasteiger partial charge in [0.25, 0.3) is 0 Å². The van der Waals surface area contributed by atoms with Crippen molar-refractivity contribution in [3.8, 4) is 0 Å². The van der Waals surface area contributed by atoms with Crippen molar-refractivity contribution in [3.63, 3.8) is 0 Å². The van der Waals surface area contributed by atoms with Crippen LogP contribution in [0.4, 0.5) is 13.6 Å². The highest BCUT2D eigenvalue weighted by Crippen LogP contribution is 2.09. The summed E-state index contributed by atoms with van der Waals surface area (Å²) < 4.78 is 25.8. The number of halogens is 2. The van der Waals surface area contributed by atoms with Crippen LogP contribution in [0.15, 0.2) is 6.20 Å². The van der Waals surface area contributed by atoms with Crippen LogP contribution in [0.25, 0.3) is 0 Å². The van der Waals surface area contributed by atoms with E-state index in [2.05, 4.69) is 9.82 Å². The molecule has 2 heterocycles. The summed E-state index contributed by atoms with van der Waals surface area (Å²) in [7, 11) is 0. The average molecular weight is 231 g/mol. The smallest absolute Gasteiger partial charge is 0.313 e. The molecular weight excluding hydrogens is 220 g/mol. The molecule has 2 rings (SSSR count). The summed E-state index contributed by atoms with van der Waals surface area (Å²) in [5.74, 6) is -1.02. The Morgan fingerprint density at radius 3 is 2.56 bits per heavy atom. The predicted molar refractivity (Wildman–Crippen MR) is 49.5 cm³/mol. The quantitative estimate of drug-likeness (QED) is 0.729. The minimum absolute atomic E-state index is 0.395. The number of carbonyl (C=O) groups excluding carboxylic acids is 1. The molecule has 0 atom stereocenters. The highest BCUT2D eigenvalue weighted by molar-refractivity contribution is 5.67. The molecule has 5 nitrogen and oxygen atoms in total. The second-order valence-electron chi connectivity index (χ2n) is 3.56. The van der Waals surface area contributed by atoms with Gasteiger partial charge in [0, 0.05) is 13.1 Å². The molecule has 0 radical (unpaired) electrons. The maximum atomic E-state index is 12.9. The van der Waals surface area contributed by atoms with Crippen LogP contribution in [-0.2, 0) is 0 Å². The van der Waals surface area contributed by atoms with Gasteiger partial charge in [-0.15, -0.1) is 4.73 Å². The molecule has 0 saturated carbocycles. The van der Waals surface area contributed by atoms with Gasteiger partial charge in [-0.3, -0.25) is 0 Å². The first-order valence-electron chi connectivity index (χ1n) is 5.04. The van der Waals surface area contributed by atoms with Gasteiger partial charge >= 0.3 is 12.2 Å². The van der Waals surface area contributed by atoms with Crippen LogP contribution < -0.4 is 4.84 Å². The van der Waals surface area contributed by atoms with Gasteiger partial charge < -0.3 is 9.74 Å². The van der Waals surface area contributed by atoms with E-state index in [9.17, 15) is 13.6 Å². The van der Waals surface area contributed by atoms with E-state index in [1.165, 1.54) is 4.90 Å². The van der Waals surface area contributed by atoms with Gasteiger partial charge in [0.1, 0.15) is 6.20 Å². The van der Waals surface area contributed by atoms with Gasteiger partial charge in [-0.2, -0.15) is 13.8 Å². The normalized spacial score (nSPS) is 16.2. The van der Waals surface area contributed by atoms with Crippen molar-refractivity contribution >= 4 is 6.09 Å². The molecule has 7 heteroatoms. The van der Waals surface area contributed by atoms with Crippen LogP contribution in [-0.4, -0.2) is 33.8 Å². The highest BCUT2D eigenvalue weighted by atomic mass is 19.1. The molecule has 1 aliphatic heterocycles. The van der Waals surface area contributed by atoms with Gasteiger partial charge in [-0.1, -0.05) is 0 Å². The summed E-state index contributed by atoms with van der Waals surface area (Å²) in [5.41, 5.74) is 0. The highest BCUT2D eigenvalue weighted by Gasteiger charge is 2.20. The van der Waals surface area contributed by atoms with Gasteiger partial charge in [0.2, 0.25) is 5.95 Å². The molecule has 0 aromatic carbocycles. The SMILES string of the molecule is O=C(On1cc(F)nc1F)N1CCCCC1. The summed E-state index contributed by atoms with van der Waals surface area (Å²) in [4.78, 5) is 20.4. The third-order valence-corrected chi connectivity index (χ3v) is 2.40. The van der Waals surface area contributed by atoms with E-state index in [-0.39, 0.29) is 0 Å². The molecular formula is C9H11F2N3O2. The molecule has 1 aromatic heterocycles. The van der Waals surface area contributed by atoms with Crippen molar-refractivity contribution in [2.75, 3.05) is 13.1 Å². The molecule has 0 unspecified atom stereocenters. The summed E-state index contributed by atoms with van der Waals surface area (Å²) >= 11 is 0. The maximum absolute atomic E-state index is 12.9. The lowest BCUT2D eigenvalue weighted by Gasteiger charge is -2.25. The van der Waals surface area contributed by atoms with Crippen molar-refractivity contribution in [2.45, 2.75) is 19.3 Å². The predicted octanol–water partition coefficient (Wildman–Crippen LogP) is 1.20. The number of hydrogen-bond acceptors (Lipinski definition) is 3. The van der Waals surface area contributed by atoms with E-state index < -0.39 is 18.1 Å². The zero-order valence-electron chi connectivity index (χ0n) is 8.53. The number of carbonyl (C=O) groups is 1. The zero-order valence-corrected chi connectivity index (χ0v) is 8.53. The summed E-state index contributed by atoms with van der Waals surface area (Å²) in [6.45, 7) is 1.16. The second-order valence-corrected chi connectivity index (χ2v) is 3.56. The van der Waals surface area contributed by atoms with Crippen molar-refractivity contribution in [1.82, 2.24) is 14.6 Å². The number of imidazole rings is 1. The standard InChI is InChI=1S/C9H11F2N3O2/c10-7-6-14(8(11)12-7)16-9(15)13-4-2-1-3-5-13/h6H,1-5H2. The Hall–Kier alpha value is -1.66. The van der Waals surface area contributed by atoms with Gasteiger partial charge in [-0.25, -0.2) is 4.79 Å². The number of hydrogen-bond donors (Lipinski definition) is 0. The van der Waals surface area contributed by atoms with Crippen LogP contribution in [0.5, 0.6) is 0 Å². The van der Waals surface area contributed by atoms with Gasteiger partial charge in [-0.05, 0) is 19.3 Å². The summed E-state index contributed by atoms with van der Waals surface area (Å²) in [5, 5.41) is 0. The Balaban J connectivity index is 1.98. The van der Waals surface area contributed by atoms with Crippen molar-refractivity contribution in [1.29, 1.82) is 0 Å². The van der Waals surface area contributed by atoms with Crippen LogP contribution >= 0.6 is 0 Å². The third-order valence-electron chi connectivity index (χ3n) is 2.40. The Bertz CT molecular complexity index is 388. The summed E-state index contributed by atoms with van der Waals surface area (Å²) in [6, 6.07) is 0. The number of rotatable bonds is 1. The largest absolute Gasteiger partial charge is 0.434 e. The van der Waals surface area contributed by atoms with E-state index in [1.807, 2.05) is 0 Å². The van der Waals surface area contributed by atoms with E-state index >= 15 is 0 Å². The van der Waals surface area contributed by atoms with Crippen molar-refractivity contribution in [2.24, 2.45) is 0 Å². The van der Waals surface area contributed by atoms with Crippen molar-refractivity contribution < 1.29 is 18.4 Å². The molecule has 16 heavy (non-hydrogen) atoms. The lowest BCUT2D eigenvalue weighted by atomic mass is 10.1. The lowest BCUT2D eigenvalue weighted by molar-refractivity contribution is 0.0727. The Morgan fingerprint density at radius 1 is 1.31 bits per heavy atom. The third kappa shape index (κ3) is 2.29. The number of aromatic nitrogens is 2. The number of piperidine rings is 1. The molecule has 1 saturated heterocycles. The monoisotopic (exact) mass is 231 g/mol. The van der Waals surface area contributed by atoms with E-state index in [0.29, 0.717) is 24.0 Å². The topological polar surface area (TPSA) is 47.4 Å². The molecule has 0 N–H and O–H groups in total. The first-order valence-corrected chi connectivity index (χ1v) is 5.04. The minimum Gasteiger partial charge on any atom is -0.313 e. The van der Waals surface area contributed by atoms with E-state index in [0.717, 1.165) is 19.3 Å². The van der Waals surface area contributed by atoms with E-state index in [1.54, 1.807) is 0 Å². The lowest BCUT2D eigenvalue weighted by Crippen LogP contribution is -2.40. The number of nitrogens with zero attached hydrogens (tertiary/aromatic N) is 3. The molecule has 0 aliphatic carbocycles. The van der Waals surface area contributed by atoms with Crippen LogP contribution in [0, 0.1) is 12.0 Å². The van der Waals surface area contributed by atoms with Crippen LogP contribution in [0.3, 0.4) is 0 Å². The first-order chi connectivity index (χ1) is 7.66. The number of likely N-dealkylation sites (tertiary alicyclic amines) is 1. The fourth-order valence-corrected chi connectivity index (χ4v) is 1.60. The fraction of sp³-hybridized carbons (Fsp3) is 0.556. The van der Waals surface area contributed by atoms with E-state index in [4.69, 9.17) is 0 Å². The van der Waals surface area contributed by atoms with Crippen LogP contribution in [0.2, 0.25) is 0 Å². The Kier molecular flexibility index (Phi) is 3.02. The summed E-state index contributed by atoms with van der Waals surface area (Å²) in [6.07, 6.45) is 1.68. The Labute approximate surface area is 90.6 Å². The van der Waals surface area contributed by atoms with Crippen molar-refractivity contribution in [3.05, 3.63) is 18.2 Å². The average Bonchev–Trinajstić information content (AvgIpc) is 2.59.